The minimum Gasteiger partial charge on any atom is -0.352 e. The van der Waals surface area contributed by atoms with E-state index in [1.807, 2.05) is 32.9 Å². The topological polar surface area (TPSA) is 86.8 Å². The van der Waals surface area contributed by atoms with Crippen LogP contribution in [0, 0.1) is 0 Å². The van der Waals surface area contributed by atoms with Crippen molar-refractivity contribution in [3.05, 3.63) is 63.6 Å². The second-order valence-electron chi connectivity index (χ2n) is 9.21. The number of hydrogen-bond acceptors (Lipinski definition) is 4. The number of hydrogen-bond donors (Lipinski definition) is 1. The summed E-state index contributed by atoms with van der Waals surface area (Å²) in [6, 6.07) is 11.6. The molecule has 0 spiro atoms. The quantitative estimate of drug-likeness (QED) is 0.348. The van der Waals surface area contributed by atoms with Crippen LogP contribution in [0.3, 0.4) is 0 Å². The number of nitrogens with zero attached hydrogens (tertiary/aromatic N) is 2. The number of aryl methyl sites for hydroxylation is 1. The van der Waals surface area contributed by atoms with Crippen LogP contribution < -0.4 is 9.62 Å². The maximum atomic E-state index is 13.4. The van der Waals surface area contributed by atoms with E-state index in [1.165, 1.54) is 9.21 Å². The highest BCUT2D eigenvalue weighted by Gasteiger charge is 2.27. The number of carbonyl (C=O) groups is 2. The number of sulfonamides is 1. The smallest absolute Gasteiger partial charge is 0.242 e. The molecule has 2 amide bonds. The molecule has 10 heteroatoms. The number of benzene rings is 2. The van der Waals surface area contributed by atoms with Gasteiger partial charge in [-0.1, -0.05) is 55.2 Å². The number of halogens is 2. The molecular formula is C27H37Cl2N3O4S. The highest BCUT2D eigenvalue weighted by molar-refractivity contribution is 7.92. The van der Waals surface area contributed by atoms with Crippen LogP contribution in [0.25, 0.3) is 0 Å². The Bertz CT molecular complexity index is 1170. The first kappa shape index (κ1) is 30.9. The molecule has 1 N–H and O–H groups in total. The molecule has 37 heavy (non-hydrogen) atoms. The molecule has 0 saturated carbocycles. The Morgan fingerprint density at radius 1 is 1.03 bits per heavy atom. The van der Waals surface area contributed by atoms with Crippen LogP contribution in [0.1, 0.15) is 58.1 Å². The Kier molecular flexibility index (Phi) is 11.7. The summed E-state index contributed by atoms with van der Waals surface area (Å²) in [4.78, 5) is 27.8. The molecule has 0 saturated heterocycles. The number of amides is 2. The lowest BCUT2D eigenvalue weighted by atomic mass is 10.1. The van der Waals surface area contributed by atoms with Crippen molar-refractivity contribution in [2.75, 3.05) is 17.1 Å². The predicted octanol–water partition coefficient (Wildman–Crippen LogP) is 5.43. The summed E-state index contributed by atoms with van der Waals surface area (Å²) in [5, 5.41) is 3.80. The Morgan fingerprint density at radius 2 is 1.68 bits per heavy atom. The number of carbonyl (C=O) groups excluding carboxylic acids is 2. The summed E-state index contributed by atoms with van der Waals surface area (Å²) in [5.41, 5.74) is 2.32. The molecule has 204 valence electrons. The van der Waals surface area contributed by atoms with E-state index in [1.54, 1.807) is 37.3 Å². The lowest BCUT2D eigenvalue weighted by Crippen LogP contribution is -2.49. The van der Waals surface area contributed by atoms with Gasteiger partial charge in [0, 0.05) is 35.6 Å². The van der Waals surface area contributed by atoms with Gasteiger partial charge in [-0.15, -0.1) is 0 Å². The third-order valence-electron chi connectivity index (χ3n) is 6.31. The summed E-state index contributed by atoms with van der Waals surface area (Å²) >= 11 is 12.4. The zero-order chi connectivity index (χ0) is 27.8. The zero-order valence-corrected chi connectivity index (χ0v) is 24.5. The van der Waals surface area contributed by atoms with Gasteiger partial charge in [0.05, 0.1) is 11.9 Å². The minimum atomic E-state index is -3.55. The fourth-order valence-corrected chi connectivity index (χ4v) is 5.22. The maximum absolute atomic E-state index is 13.4. The third-order valence-corrected chi connectivity index (χ3v) is 8.09. The summed E-state index contributed by atoms with van der Waals surface area (Å²) < 4.78 is 26.3. The molecule has 0 bridgehead atoms. The second-order valence-corrected chi connectivity index (χ2v) is 12.0. The zero-order valence-electron chi connectivity index (χ0n) is 22.1. The Morgan fingerprint density at radius 3 is 2.22 bits per heavy atom. The molecule has 0 radical (unpaired) electrons. The van der Waals surface area contributed by atoms with E-state index in [-0.39, 0.29) is 43.8 Å². The molecule has 0 heterocycles. The van der Waals surface area contributed by atoms with Crippen LogP contribution >= 0.6 is 23.2 Å². The first-order valence-electron chi connectivity index (χ1n) is 12.5. The lowest BCUT2D eigenvalue weighted by molar-refractivity contribution is -0.140. The number of nitrogens with one attached hydrogen (secondary N) is 1. The highest BCUT2D eigenvalue weighted by Crippen LogP contribution is 2.24. The lowest BCUT2D eigenvalue weighted by Gasteiger charge is -2.30. The van der Waals surface area contributed by atoms with E-state index in [0.717, 1.165) is 24.7 Å². The Balaban J connectivity index is 2.20. The fourth-order valence-electron chi connectivity index (χ4n) is 3.78. The van der Waals surface area contributed by atoms with E-state index in [4.69, 9.17) is 23.2 Å². The van der Waals surface area contributed by atoms with Gasteiger partial charge in [0.25, 0.3) is 0 Å². The van der Waals surface area contributed by atoms with Crippen molar-refractivity contribution in [2.24, 2.45) is 0 Å². The average Bonchev–Trinajstić information content (AvgIpc) is 2.84. The number of anilines is 1. The predicted molar refractivity (Wildman–Crippen MR) is 152 cm³/mol. The van der Waals surface area contributed by atoms with Crippen LogP contribution in [-0.2, 0) is 32.6 Å². The van der Waals surface area contributed by atoms with Crippen LogP contribution in [0.2, 0.25) is 10.0 Å². The summed E-state index contributed by atoms with van der Waals surface area (Å²) in [5.74, 6) is -0.533. The van der Waals surface area contributed by atoms with Gasteiger partial charge in [-0.2, -0.15) is 0 Å². The van der Waals surface area contributed by atoms with Gasteiger partial charge < -0.3 is 10.2 Å². The van der Waals surface area contributed by atoms with Gasteiger partial charge in [-0.05, 0) is 68.5 Å². The SMILES string of the molecule is CCc1ccc(N(CCCC(=O)N(Cc2ccc(Cl)cc2Cl)C(C)C(=O)NC(C)CC)S(C)(=O)=O)cc1. The van der Waals surface area contributed by atoms with Gasteiger partial charge in [-0.3, -0.25) is 13.9 Å². The van der Waals surface area contributed by atoms with Crippen molar-refractivity contribution in [1.82, 2.24) is 10.2 Å². The van der Waals surface area contributed by atoms with E-state index < -0.39 is 16.1 Å². The monoisotopic (exact) mass is 569 g/mol. The summed E-state index contributed by atoms with van der Waals surface area (Å²) in [6.45, 7) is 7.84. The van der Waals surface area contributed by atoms with Gasteiger partial charge in [0.2, 0.25) is 21.8 Å². The molecular weight excluding hydrogens is 533 g/mol. The van der Waals surface area contributed by atoms with Gasteiger partial charge in [0.15, 0.2) is 0 Å². The first-order valence-corrected chi connectivity index (χ1v) is 15.1. The largest absolute Gasteiger partial charge is 0.352 e. The van der Waals surface area contributed by atoms with E-state index in [0.29, 0.717) is 21.3 Å². The highest BCUT2D eigenvalue weighted by atomic mass is 35.5. The van der Waals surface area contributed by atoms with Crippen LogP contribution in [0.4, 0.5) is 5.69 Å². The van der Waals surface area contributed by atoms with Crippen molar-refractivity contribution < 1.29 is 18.0 Å². The van der Waals surface area contributed by atoms with Crippen molar-refractivity contribution >= 4 is 50.7 Å². The second kappa shape index (κ2) is 14.0. The molecule has 0 fully saturated rings. The van der Waals surface area contributed by atoms with Crippen LogP contribution in [-0.4, -0.2) is 50.0 Å². The molecule has 7 nitrogen and oxygen atoms in total. The third kappa shape index (κ3) is 9.20. The van der Waals surface area contributed by atoms with Crippen molar-refractivity contribution in [3.8, 4) is 0 Å². The van der Waals surface area contributed by atoms with Crippen LogP contribution in [0.5, 0.6) is 0 Å². The molecule has 0 aromatic heterocycles. The Labute approximate surface area is 231 Å². The van der Waals surface area contributed by atoms with E-state index in [9.17, 15) is 18.0 Å². The molecule has 2 aromatic carbocycles. The van der Waals surface area contributed by atoms with Gasteiger partial charge >= 0.3 is 0 Å². The fraction of sp³-hybridized carbons (Fsp3) is 0.481. The average molecular weight is 571 g/mol. The van der Waals surface area contributed by atoms with E-state index in [2.05, 4.69) is 5.32 Å². The molecule has 0 aliphatic heterocycles. The first-order chi connectivity index (χ1) is 17.4. The summed E-state index contributed by atoms with van der Waals surface area (Å²) in [7, 11) is -3.55. The van der Waals surface area contributed by atoms with Gasteiger partial charge in [0.1, 0.15) is 6.04 Å². The normalized spacial score (nSPS) is 13.1. The standard InChI is InChI=1S/C27H37Cl2N3O4S/c1-6-19(3)30-27(34)20(4)31(18-22-12-13-23(28)17-25(22)29)26(33)9-8-16-32(37(5,35)36)24-14-10-21(7-2)11-15-24/h10-15,17,19-20H,6-9,16,18H2,1-5H3,(H,30,34). The maximum Gasteiger partial charge on any atom is 0.242 e. The molecule has 2 rings (SSSR count). The van der Waals surface area contributed by atoms with E-state index >= 15 is 0 Å². The number of rotatable bonds is 13. The molecule has 2 atom stereocenters. The van der Waals surface area contributed by atoms with Crippen molar-refractivity contribution in [2.45, 2.75) is 72.0 Å². The van der Waals surface area contributed by atoms with Crippen molar-refractivity contribution in [1.29, 1.82) is 0 Å². The van der Waals surface area contributed by atoms with Crippen LogP contribution in [0.15, 0.2) is 42.5 Å². The molecule has 2 aromatic rings. The minimum absolute atomic E-state index is 0.0339. The summed E-state index contributed by atoms with van der Waals surface area (Å²) in [6.07, 6.45) is 3.11. The van der Waals surface area contributed by atoms with Crippen molar-refractivity contribution in [3.63, 3.8) is 0 Å². The molecule has 0 aliphatic carbocycles. The molecule has 2 unspecified atom stereocenters. The van der Waals surface area contributed by atoms with Gasteiger partial charge in [-0.25, -0.2) is 8.42 Å². The molecule has 0 aliphatic rings. The Hall–Kier alpha value is -2.29.